The molecule has 2 rings (SSSR count). The van der Waals surface area contributed by atoms with E-state index >= 15 is 0 Å². The van der Waals surface area contributed by atoms with Gasteiger partial charge >= 0.3 is 0 Å². The normalized spacial score (nSPS) is 20.6. The van der Waals surface area contributed by atoms with Crippen LogP contribution in [0.25, 0.3) is 0 Å². The van der Waals surface area contributed by atoms with E-state index in [1.165, 1.54) is 32.1 Å². The van der Waals surface area contributed by atoms with Gasteiger partial charge in [0.25, 0.3) is 0 Å². The van der Waals surface area contributed by atoms with Crippen molar-refractivity contribution in [3.05, 3.63) is 0 Å². The summed E-state index contributed by atoms with van der Waals surface area (Å²) in [6.07, 6.45) is 6.69. The van der Waals surface area contributed by atoms with E-state index in [9.17, 15) is 4.79 Å². The van der Waals surface area contributed by atoms with Crippen LogP contribution in [0.5, 0.6) is 0 Å². The molecule has 6 heteroatoms. The number of methoxy groups -OCH3 is 1. The molecular formula is C16H30N4O2. The van der Waals surface area contributed by atoms with Crippen LogP contribution in [0.1, 0.15) is 39.0 Å². The SMILES string of the molecule is CCNC(=NCC(=O)NCCOC)N1CCC2(CCCC2)C1. The number of likely N-dealkylation sites (tertiary alicyclic amines) is 1. The van der Waals surface area contributed by atoms with Gasteiger partial charge in [-0.3, -0.25) is 4.79 Å². The van der Waals surface area contributed by atoms with E-state index in [1.54, 1.807) is 7.11 Å². The molecule has 22 heavy (non-hydrogen) atoms. The summed E-state index contributed by atoms with van der Waals surface area (Å²) in [4.78, 5) is 18.6. The number of hydrogen-bond acceptors (Lipinski definition) is 3. The molecule has 0 aromatic rings. The number of carbonyl (C=O) groups excluding carboxylic acids is 1. The molecule has 0 radical (unpaired) electrons. The smallest absolute Gasteiger partial charge is 0.241 e. The number of guanidine groups is 1. The summed E-state index contributed by atoms with van der Waals surface area (Å²) in [6.45, 7) is 6.28. The third-order valence-corrected chi connectivity index (χ3v) is 4.74. The summed E-state index contributed by atoms with van der Waals surface area (Å²) < 4.78 is 4.92. The van der Waals surface area contributed by atoms with E-state index in [0.29, 0.717) is 18.6 Å². The molecule has 2 aliphatic rings. The topological polar surface area (TPSA) is 66.0 Å². The van der Waals surface area contributed by atoms with Gasteiger partial charge in [0.05, 0.1) is 6.61 Å². The van der Waals surface area contributed by atoms with Crippen molar-refractivity contribution in [2.75, 3.05) is 46.4 Å². The molecular weight excluding hydrogens is 280 g/mol. The molecule has 1 spiro atoms. The maximum atomic E-state index is 11.8. The number of nitrogens with one attached hydrogen (secondary N) is 2. The van der Waals surface area contributed by atoms with E-state index in [0.717, 1.165) is 25.6 Å². The van der Waals surface area contributed by atoms with E-state index in [-0.39, 0.29) is 12.5 Å². The highest BCUT2D eigenvalue weighted by Crippen LogP contribution is 2.45. The van der Waals surface area contributed by atoms with E-state index in [4.69, 9.17) is 4.74 Å². The first-order valence-electron chi connectivity index (χ1n) is 8.48. The second-order valence-corrected chi connectivity index (χ2v) is 6.39. The number of aliphatic imine (C=N–C) groups is 1. The number of hydrogen-bond donors (Lipinski definition) is 2. The van der Waals surface area contributed by atoms with Gasteiger partial charge in [0.2, 0.25) is 5.91 Å². The van der Waals surface area contributed by atoms with Crippen molar-refractivity contribution in [2.24, 2.45) is 10.4 Å². The van der Waals surface area contributed by atoms with Crippen molar-refractivity contribution in [3.8, 4) is 0 Å². The number of rotatable bonds is 6. The molecule has 0 aromatic carbocycles. The number of ether oxygens (including phenoxy) is 1. The molecule has 2 fully saturated rings. The fraction of sp³-hybridized carbons (Fsp3) is 0.875. The van der Waals surface area contributed by atoms with Crippen molar-refractivity contribution in [2.45, 2.75) is 39.0 Å². The highest BCUT2D eigenvalue weighted by molar-refractivity contribution is 5.85. The quantitative estimate of drug-likeness (QED) is 0.436. The summed E-state index contributed by atoms with van der Waals surface area (Å²) in [5.41, 5.74) is 0.511. The lowest BCUT2D eigenvalue weighted by Gasteiger charge is -2.25. The van der Waals surface area contributed by atoms with E-state index in [2.05, 4.69) is 27.4 Å². The highest BCUT2D eigenvalue weighted by atomic mass is 16.5. The molecule has 1 saturated heterocycles. The van der Waals surface area contributed by atoms with Crippen LogP contribution in [0.2, 0.25) is 0 Å². The van der Waals surface area contributed by atoms with Crippen LogP contribution < -0.4 is 10.6 Å². The van der Waals surface area contributed by atoms with Crippen molar-refractivity contribution in [1.82, 2.24) is 15.5 Å². The van der Waals surface area contributed by atoms with Gasteiger partial charge in [-0.15, -0.1) is 0 Å². The predicted molar refractivity (Wildman–Crippen MR) is 88.0 cm³/mol. The van der Waals surface area contributed by atoms with Crippen molar-refractivity contribution in [3.63, 3.8) is 0 Å². The minimum Gasteiger partial charge on any atom is -0.383 e. The molecule has 0 aromatic heterocycles. The third kappa shape index (κ3) is 4.60. The first kappa shape index (κ1) is 17.1. The Morgan fingerprint density at radius 2 is 2.05 bits per heavy atom. The Morgan fingerprint density at radius 1 is 1.27 bits per heavy atom. The van der Waals surface area contributed by atoms with Gasteiger partial charge in [-0.05, 0) is 31.6 Å². The Hall–Kier alpha value is -1.30. The van der Waals surface area contributed by atoms with Gasteiger partial charge < -0.3 is 20.3 Å². The molecule has 0 unspecified atom stereocenters. The summed E-state index contributed by atoms with van der Waals surface area (Å²) in [6, 6.07) is 0. The predicted octanol–water partition coefficient (Wildman–Crippen LogP) is 0.981. The summed E-state index contributed by atoms with van der Waals surface area (Å²) in [5, 5.41) is 6.13. The minimum absolute atomic E-state index is 0.0535. The first-order chi connectivity index (χ1) is 10.7. The van der Waals surface area contributed by atoms with Crippen LogP contribution in [0.4, 0.5) is 0 Å². The Kier molecular flexibility index (Phi) is 6.49. The second-order valence-electron chi connectivity index (χ2n) is 6.39. The maximum Gasteiger partial charge on any atom is 0.241 e. The van der Waals surface area contributed by atoms with Gasteiger partial charge in [0, 0.05) is 33.3 Å². The lowest BCUT2D eigenvalue weighted by Crippen LogP contribution is -2.42. The average Bonchev–Trinajstić information content (AvgIpc) is 3.14. The summed E-state index contributed by atoms with van der Waals surface area (Å²) >= 11 is 0. The van der Waals surface area contributed by atoms with Crippen LogP contribution >= 0.6 is 0 Å². The van der Waals surface area contributed by atoms with Crippen LogP contribution in [0, 0.1) is 5.41 Å². The van der Waals surface area contributed by atoms with Gasteiger partial charge in [-0.2, -0.15) is 0 Å². The van der Waals surface area contributed by atoms with Crippen LogP contribution in [0.3, 0.4) is 0 Å². The zero-order chi connectivity index (χ0) is 15.8. The molecule has 1 aliphatic heterocycles. The molecule has 1 heterocycles. The fourth-order valence-corrected chi connectivity index (χ4v) is 3.57. The average molecular weight is 310 g/mol. The molecule has 126 valence electrons. The standard InChI is InChI=1S/C16H30N4O2/c1-3-17-15(19-12-14(21)18-9-11-22-2)20-10-8-16(13-20)6-4-5-7-16/h3-13H2,1-2H3,(H,17,19)(H,18,21). The van der Waals surface area contributed by atoms with Gasteiger partial charge in [-0.1, -0.05) is 12.8 Å². The Bertz CT molecular complexity index is 392. The monoisotopic (exact) mass is 310 g/mol. The Morgan fingerprint density at radius 3 is 2.73 bits per heavy atom. The number of carbonyl (C=O) groups is 1. The molecule has 1 amide bonds. The fourth-order valence-electron chi connectivity index (χ4n) is 3.57. The van der Waals surface area contributed by atoms with E-state index in [1.807, 2.05) is 0 Å². The van der Waals surface area contributed by atoms with E-state index < -0.39 is 0 Å². The number of nitrogens with zero attached hydrogens (tertiary/aromatic N) is 2. The summed E-state index contributed by atoms with van der Waals surface area (Å²) in [5.74, 6) is 0.829. The number of amides is 1. The van der Waals surface area contributed by atoms with Crippen molar-refractivity contribution in [1.29, 1.82) is 0 Å². The molecule has 6 nitrogen and oxygen atoms in total. The minimum atomic E-state index is -0.0535. The zero-order valence-electron chi connectivity index (χ0n) is 14.0. The molecule has 2 N–H and O–H groups in total. The second kappa shape index (κ2) is 8.36. The van der Waals surface area contributed by atoms with Gasteiger partial charge in [0.15, 0.2) is 5.96 Å². The van der Waals surface area contributed by atoms with Crippen LogP contribution in [-0.4, -0.2) is 63.2 Å². The van der Waals surface area contributed by atoms with Gasteiger partial charge in [0.1, 0.15) is 6.54 Å². The van der Waals surface area contributed by atoms with Crippen LogP contribution in [-0.2, 0) is 9.53 Å². The lowest BCUT2D eigenvalue weighted by atomic mass is 9.86. The summed E-state index contributed by atoms with van der Waals surface area (Å²) in [7, 11) is 1.62. The largest absolute Gasteiger partial charge is 0.383 e. The highest BCUT2D eigenvalue weighted by Gasteiger charge is 2.41. The first-order valence-corrected chi connectivity index (χ1v) is 8.48. The Balaban J connectivity index is 1.86. The lowest BCUT2D eigenvalue weighted by molar-refractivity contribution is -0.119. The molecule has 0 atom stereocenters. The van der Waals surface area contributed by atoms with Crippen molar-refractivity contribution >= 4 is 11.9 Å². The van der Waals surface area contributed by atoms with Gasteiger partial charge in [-0.25, -0.2) is 4.99 Å². The molecule has 1 aliphatic carbocycles. The molecule has 0 bridgehead atoms. The molecule has 1 saturated carbocycles. The maximum absolute atomic E-state index is 11.8. The van der Waals surface area contributed by atoms with Crippen LogP contribution in [0.15, 0.2) is 4.99 Å². The zero-order valence-corrected chi connectivity index (χ0v) is 14.0. The van der Waals surface area contributed by atoms with Crippen molar-refractivity contribution < 1.29 is 9.53 Å². The third-order valence-electron chi connectivity index (χ3n) is 4.74. The Labute approximate surface area is 133 Å².